The number of nitrogens with one attached hydrogen (secondary N) is 1. The molecule has 0 saturated carbocycles. The van der Waals surface area contributed by atoms with Gasteiger partial charge in [0.2, 0.25) is 0 Å². The van der Waals surface area contributed by atoms with Crippen LogP contribution in [0.3, 0.4) is 0 Å². The van der Waals surface area contributed by atoms with Gasteiger partial charge >= 0.3 is 0 Å². The van der Waals surface area contributed by atoms with Gasteiger partial charge in [-0.3, -0.25) is 0 Å². The molecule has 0 amide bonds. The van der Waals surface area contributed by atoms with Crippen molar-refractivity contribution < 1.29 is 9.47 Å². The number of rotatable bonds is 2. The second-order valence-corrected chi connectivity index (χ2v) is 6.68. The molecule has 0 radical (unpaired) electrons. The van der Waals surface area contributed by atoms with Gasteiger partial charge in [0.25, 0.3) is 0 Å². The molecule has 18 heavy (non-hydrogen) atoms. The first-order valence-electron chi connectivity index (χ1n) is 6.36. The number of ether oxygens (including phenoxy) is 2. The number of hydrogen-bond acceptors (Lipinski definition) is 4. The van der Waals surface area contributed by atoms with Gasteiger partial charge in [0.1, 0.15) is 5.60 Å². The molecule has 0 bridgehead atoms. The molecule has 4 heteroatoms. The van der Waals surface area contributed by atoms with Crippen molar-refractivity contribution in [3.8, 4) is 0 Å². The zero-order chi connectivity index (χ0) is 12.6. The highest BCUT2D eigenvalue weighted by molar-refractivity contribution is 8.00. The fraction of sp³-hybridized carbons (Fsp3) is 0.571. The number of thioether (sulfide) groups is 1. The lowest BCUT2D eigenvalue weighted by Gasteiger charge is -2.29. The van der Waals surface area contributed by atoms with Gasteiger partial charge in [-0.15, -0.1) is 11.8 Å². The molecule has 1 aromatic rings. The molecule has 2 aliphatic rings. The van der Waals surface area contributed by atoms with E-state index < -0.39 is 5.79 Å². The van der Waals surface area contributed by atoms with Crippen LogP contribution in [0.4, 0.5) is 0 Å². The molecule has 3 nitrogen and oxygen atoms in total. The third kappa shape index (κ3) is 2.30. The van der Waals surface area contributed by atoms with Crippen LogP contribution in [0.2, 0.25) is 0 Å². The maximum Gasteiger partial charge on any atom is 0.163 e. The summed E-state index contributed by atoms with van der Waals surface area (Å²) in [7, 11) is 0. The van der Waals surface area contributed by atoms with E-state index in [1.54, 1.807) is 0 Å². The second kappa shape index (κ2) is 4.53. The lowest BCUT2D eigenvalue weighted by atomic mass is 10.0. The van der Waals surface area contributed by atoms with E-state index in [2.05, 4.69) is 29.6 Å². The second-order valence-electron chi connectivity index (χ2n) is 5.41. The van der Waals surface area contributed by atoms with E-state index in [1.165, 1.54) is 4.90 Å². The van der Waals surface area contributed by atoms with Crippen molar-refractivity contribution in [1.82, 2.24) is 5.32 Å². The highest BCUT2D eigenvalue weighted by atomic mass is 32.2. The summed E-state index contributed by atoms with van der Waals surface area (Å²) in [6.45, 7) is 6.51. The van der Waals surface area contributed by atoms with Crippen molar-refractivity contribution in [3.63, 3.8) is 0 Å². The predicted molar refractivity (Wildman–Crippen MR) is 72.8 cm³/mol. The van der Waals surface area contributed by atoms with Gasteiger partial charge in [0, 0.05) is 18.0 Å². The Morgan fingerprint density at radius 1 is 1.28 bits per heavy atom. The van der Waals surface area contributed by atoms with E-state index in [4.69, 9.17) is 9.47 Å². The van der Waals surface area contributed by atoms with Gasteiger partial charge < -0.3 is 14.8 Å². The van der Waals surface area contributed by atoms with Crippen LogP contribution in [-0.4, -0.2) is 36.3 Å². The normalized spacial score (nSPS) is 34.2. The van der Waals surface area contributed by atoms with Gasteiger partial charge in [-0.05, 0) is 26.0 Å². The maximum atomic E-state index is 6.18. The molecular weight excluding hydrogens is 246 g/mol. The van der Waals surface area contributed by atoms with E-state index in [1.807, 2.05) is 31.7 Å². The van der Waals surface area contributed by atoms with Crippen molar-refractivity contribution in [2.75, 3.05) is 19.7 Å². The largest absolute Gasteiger partial charge is 0.347 e. The first kappa shape index (κ1) is 12.5. The highest BCUT2D eigenvalue weighted by Gasteiger charge is 2.53. The molecule has 2 aliphatic heterocycles. The molecule has 2 fully saturated rings. The molecule has 2 heterocycles. The smallest absolute Gasteiger partial charge is 0.163 e. The Balaban J connectivity index is 1.76. The van der Waals surface area contributed by atoms with Crippen LogP contribution in [-0.2, 0) is 9.47 Å². The average molecular weight is 265 g/mol. The van der Waals surface area contributed by atoms with E-state index in [-0.39, 0.29) is 5.60 Å². The highest BCUT2D eigenvalue weighted by Crippen LogP contribution is 2.42. The summed E-state index contributed by atoms with van der Waals surface area (Å²) < 4.78 is 11.9. The van der Waals surface area contributed by atoms with Crippen LogP contribution in [0.15, 0.2) is 35.2 Å². The number of hydrogen-bond donors (Lipinski definition) is 1. The Labute approximate surface area is 112 Å². The molecule has 2 atom stereocenters. The Hall–Kier alpha value is -0.550. The molecular formula is C14H19NO2S. The van der Waals surface area contributed by atoms with Crippen LogP contribution in [0.5, 0.6) is 0 Å². The molecule has 1 unspecified atom stereocenters. The molecule has 2 saturated heterocycles. The Kier molecular flexibility index (Phi) is 3.14. The Morgan fingerprint density at radius 2 is 2.06 bits per heavy atom. The Morgan fingerprint density at radius 3 is 2.72 bits per heavy atom. The van der Waals surface area contributed by atoms with Crippen LogP contribution in [0.25, 0.3) is 0 Å². The first-order chi connectivity index (χ1) is 8.60. The topological polar surface area (TPSA) is 30.5 Å². The third-order valence-corrected chi connectivity index (χ3v) is 4.90. The van der Waals surface area contributed by atoms with Gasteiger partial charge in [-0.25, -0.2) is 0 Å². The molecule has 0 aromatic heterocycles. The molecule has 1 aromatic carbocycles. The number of benzene rings is 1. The van der Waals surface area contributed by atoms with Gasteiger partial charge in [0.05, 0.1) is 11.9 Å². The van der Waals surface area contributed by atoms with Crippen molar-refractivity contribution in [3.05, 3.63) is 30.3 Å². The van der Waals surface area contributed by atoms with Gasteiger partial charge in [0.15, 0.2) is 5.79 Å². The van der Waals surface area contributed by atoms with E-state index in [0.717, 1.165) is 13.1 Å². The zero-order valence-corrected chi connectivity index (χ0v) is 11.6. The lowest BCUT2D eigenvalue weighted by Crippen LogP contribution is -2.43. The summed E-state index contributed by atoms with van der Waals surface area (Å²) >= 11 is 1.88. The Bertz CT molecular complexity index is 423. The van der Waals surface area contributed by atoms with Crippen molar-refractivity contribution in [1.29, 1.82) is 0 Å². The summed E-state index contributed by atoms with van der Waals surface area (Å²) in [6, 6.07) is 10.5. The molecule has 98 valence electrons. The summed E-state index contributed by atoms with van der Waals surface area (Å²) in [5.74, 6) is -0.457. The van der Waals surface area contributed by atoms with Crippen LogP contribution in [0.1, 0.15) is 13.8 Å². The lowest BCUT2D eigenvalue weighted by molar-refractivity contribution is -0.155. The predicted octanol–water partition coefficient (Wildman–Crippen LogP) is 2.27. The molecule has 0 aliphatic carbocycles. The van der Waals surface area contributed by atoms with E-state index >= 15 is 0 Å². The molecule has 1 N–H and O–H groups in total. The van der Waals surface area contributed by atoms with Crippen LogP contribution < -0.4 is 5.32 Å². The minimum Gasteiger partial charge on any atom is -0.347 e. The van der Waals surface area contributed by atoms with E-state index in [9.17, 15) is 0 Å². The average Bonchev–Trinajstić information content (AvgIpc) is 2.86. The molecule has 3 rings (SSSR count). The zero-order valence-electron chi connectivity index (χ0n) is 10.8. The van der Waals surface area contributed by atoms with Gasteiger partial charge in [-0.2, -0.15) is 0 Å². The SMILES string of the molecule is CC1(C)OCC2(CNC[C@@H]2Sc2ccccc2)O1. The fourth-order valence-corrected chi connectivity index (χ4v) is 3.88. The minimum atomic E-state index is -0.457. The third-order valence-electron chi connectivity index (χ3n) is 3.48. The summed E-state index contributed by atoms with van der Waals surface area (Å²) in [4.78, 5) is 1.29. The summed E-state index contributed by atoms with van der Waals surface area (Å²) in [5.41, 5.74) is -0.177. The first-order valence-corrected chi connectivity index (χ1v) is 7.24. The maximum absolute atomic E-state index is 6.18. The quantitative estimate of drug-likeness (QED) is 0.888. The van der Waals surface area contributed by atoms with Crippen molar-refractivity contribution >= 4 is 11.8 Å². The standard InChI is InChI=1S/C14H19NO2S/c1-13(2)16-10-14(17-13)9-15-8-12(14)18-11-6-4-3-5-7-11/h3-7,12,15H,8-10H2,1-2H3/t12-,14?/m0/s1. The van der Waals surface area contributed by atoms with E-state index in [0.29, 0.717) is 11.9 Å². The minimum absolute atomic E-state index is 0.177. The summed E-state index contributed by atoms with van der Waals surface area (Å²) in [6.07, 6.45) is 0. The van der Waals surface area contributed by atoms with Crippen LogP contribution >= 0.6 is 11.8 Å². The fourth-order valence-electron chi connectivity index (χ4n) is 2.62. The van der Waals surface area contributed by atoms with Gasteiger partial charge in [-0.1, -0.05) is 18.2 Å². The van der Waals surface area contributed by atoms with Crippen LogP contribution in [0, 0.1) is 0 Å². The van der Waals surface area contributed by atoms with Crippen molar-refractivity contribution in [2.24, 2.45) is 0 Å². The summed E-state index contributed by atoms with van der Waals surface area (Å²) in [5, 5.41) is 3.84. The monoisotopic (exact) mass is 265 g/mol. The van der Waals surface area contributed by atoms with Crippen molar-refractivity contribution in [2.45, 2.75) is 35.4 Å². The molecule has 1 spiro atoms.